The number of benzene rings is 2. The number of hydrogen-bond acceptors (Lipinski definition) is 10. The molecule has 1 aliphatic rings. The van der Waals surface area contributed by atoms with Gasteiger partial charge in [-0.3, -0.25) is 14.4 Å². The van der Waals surface area contributed by atoms with Crippen LogP contribution in [0, 0.1) is 5.82 Å². The van der Waals surface area contributed by atoms with E-state index in [1.54, 1.807) is 25.3 Å². The van der Waals surface area contributed by atoms with Gasteiger partial charge >= 0.3 is 17.9 Å². The number of aliphatic carboxylic acids is 3. The molecule has 16 heteroatoms. The number of nitrogens with zero attached hydrogens (tertiary/aromatic N) is 1. The van der Waals surface area contributed by atoms with Crippen molar-refractivity contribution in [3.63, 3.8) is 0 Å². The number of nitrogen functional groups attached to an aromatic ring is 1. The largest absolute Gasteiger partial charge is 0.496 e. The second-order valence-corrected chi connectivity index (χ2v) is 10.6. The average Bonchev–Trinajstić information content (AvgIpc) is 2.97. The van der Waals surface area contributed by atoms with Gasteiger partial charge in [-0.15, -0.1) is 0 Å². The molecule has 0 bridgehead atoms. The first-order valence-corrected chi connectivity index (χ1v) is 14.0. The van der Waals surface area contributed by atoms with Crippen molar-refractivity contribution in [2.24, 2.45) is 0 Å². The van der Waals surface area contributed by atoms with Gasteiger partial charge in [0.25, 0.3) is 5.91 Å². The number of anilines is 1. The van der Waals surface area contributed by atoms with Gasteiger partial charge in [-0.1, -0.05) is 11.6 Å². The van der Waals surface area contributed by atoms with Crippen LogP contribution in [0.15, 0.2) is 36.4 Å². The average molecular weight is 658 g/mol. The molecule has 2 unspecified atom stereocenters. The van der Waals surface area contributed by atoms with E-state index in [9.17, 15) is 23.6 Å². The Balaban J connectivity index is 0.000000459. The maximum Gasteiger partial charge on any atom is 0.336 e. The molecule has 1 saturated heterocycles. The number of rotatable bonds is 14. The zero-order valence-electron chi connectivity index (χ0n) is 24.7. The summed E-state index contributed by atoms with van der Waals surface area (Å²) < 4.78 is 29.5. The fourth-order valence-corrected chi connectivity index (χ4v) is 4.64. The highest BCUT2D eigenvalue weighted by atomic mass is 35.5. The summed E-state index contributed by atoms with van der Waals surface area (Å²) in [5, 5.41) is 37.2. The quantitative estimate of drug-likeness (QED) is 0.127. The van der Waals surface area contributed by atoms with E-state index >= 15 is 0 Å². The molecule has 0 saturated carbocycles. The number of nitrogens with two attached hydrogens (primary N) is 1. The molecule has 0 aromatic heterocycles. The minimum atomic E-state index is -2.74. The van der Waals surface area contributed by atoms with Crippen LogP contribution < -0.4 is 20.5 Å². The van der Waals surface area contributed by atoms with Gasteiger partial charge in [0, 0.05) is 32.8 Å². The second-order valence-electron chi connectivity index (χ2n) is 10.2. The van der Waals surface area contributed by atoms with E-state index in [1.807, 2.05) is 0 Å². The maximum atomic E-state index is 12.9. The number of carbonyl (C=O) groups is 4. The number of carbonyl (C=O) groups excluding carboxylic acids is 1. The highest BCUT2D eigenvalue weighted by Gasteiger charge is 2.40. The molecule has 1 amide bonds. The predicted octanol–water partition coefficient (Wildman–Crippen LogP) is 2.11. The smallest absolute Gasteiger partial charge is 0.336 e. The summed E-state index contributed by atoms with van der Waals surface area (Å²) >= 11 is 6.09. The van der Waals surface area contributed by atoms with Crippen LogP contribution in [0.1, 0.15) is 36.0 Å². The minimum absolute atomic E-state index is 0.139. The molecule has 3 rings (SSSR count). The highest BCUT2D eigenvalue weighted by molar-refractivity contribution is 6.33. The number of ether oxygens (including phenoxy) is 3. The summed E-state index contributed by atoms with van der Waals surface area (Å²) in [6.45, 7) is 2.89. The molecule has 1 aliphatic heterocycles. The third kappa shape index (κ3) is 11.7. The molecular weight excluding hydrogens is 621 g/mol. The molecule has 248 valence electrons. The summed E-state index contributed by atoms with van der Waals surface area (Å²) in [6, 6.07) is 8.92. The van der Waals surface area contributed by atoms with Crippen molar-refractivity contribution in [3.05, 3.63) is 52.8 Å². The molecule has 14 nitrogen and oxygen atoms in total. The zero-order chi connectivity index (χ0) is 33.7. The Morgan fingerprint density at radius 2 is 1.71 bits per heavy atom. The van der Waals surface area contributed by atoms with Gasteiger partial charge in [0.1, 0.15) is 17.3 Å². The normalized spacial score (nSPS) is 16.6. The topological polar surface area (TPSA) is 218 Å². The van der Waals surface area contributed by atoms with Crippen molar-refractivity contribution in [1.29, 1.82) is 0 Å². The summed E-state index contributed by atoms with van der Waals surface area (Å²) in [4.78, 5) is 45.6. The van der Waals surface area contributed by atoms with E-state index in [2.05, 4.69) is 10.2 Å². The van der Waals surface area contributed by atoms with Crippen molar-refractivity contribution in [1.82, 2.24) is 10.2 Å². The summed E-state index contributed by atoms with van der Waals surface area (Å²) in [5.74, 6) is -4.56. The SMILES string of the molecule is COc1cc(N)c(Cl)cc1C(=O)NC1CCN(CCCOc2ccc(F)cc2)CC1OC.O=C(O)CC(O)(CC(=O)O)C(=O)O. The van der Waals surface area contributed by atoms with Crippen LogP contribution in [0.25, 0.3) is 0 Å². The van der Waals surface area contributed by atoms with E-state index in [-0.39, 0.29) is 23.9 Å². The van der Waals surface area contributed by atoms with Gasteiger partial charge in [0.05, 0.1) is 55.0 Å². The standard InChI is InChI=1S/C23H29ClFN3O4.C6H8O7/c1-30-21-13-19(26)18(24)12-17(21)23(29)27-20-8-10-28(14-22(20)31-2)9-3-11-32-16-6-4-15(25)5-7-16;7-3(8)1-6(13,5(11)12)2-4(9)10/h4-7,12-13,20,22H,3,8-11,14,26H2,1-2H3,(H,27,29);13H,1-2H2,(H,7,8)(H,9,10)(H,11,12). The Kier molecular flexibility index (Phi) is 14.3. The van der Waals surface area contributed by atoms with E-state index in [4.69, 9.17) is 52.0 Å². The summed E-state index contributed by atoms with van der Waals surface area (Å²) in [6.07, 6.45) is -0.871. The first kappa shape index (κ1) is 37.0. The van der Waals surface area contributed by atoms with Crippen molar-refractivity contribution in [3.8, 4) is 11.5 Å². The Morgan fingerprint density at radius 3 is 2.24 bits per heavy atom. The lowest BCUT2D eigenvalue weighted by atomic mass is 9.96. The number of piperidine rings is 1. The Hall–Kier alpha value is -4.18. The van der Waals surface area contributed by atoms with Crippen LogP contribution in [-0.4, -0.2) is 107 Å². The number of nitrogens with one attached hydrogen (secondary N) is 1. The van der Waals surface area contributed by atoms with Crippen LogP contribution in [0.2, 0.25) is 5.02 Å². The third-order valence-electron chi connectivity index (χ3n) is 6.81. The van der Waals surface area contributed by atoms with Crippen LogP contribution in [0.5, 0.6) is 11.5 Å². The molecule has 2 aromatic carbocycles. The van der Waals surface area contributed by atoms with Crippen molar-refractivity contribution < 1.29 is 58.2 Å². The number of halogens is 2. The van der Waals surface area contributed by atoms with E-state index in [0.29, 0.717) is 40.9 Å². The van der Waals surface area contributed by atoms with Crippen LogP contribution in [-0.2, 0) is 19.1 Å². The second kappa shape index (κ2) is 17.3. The molecule has 1 fully saturated rings. The Labute approximate surface area is 263 Å². The first-order valence-electron chi connectivity index (χ1n) is 13.7. The molecule has 45 heavy (non-hydrogen) atoms. The lowest BCUT2D eigenvalue weighted by Crippen LogP contribution is -2.55. The lowest BCUT2D eigenvalue weighted by Gasteiger charge is -2.38. The molecule has 0 radical (unpaired) electrons. The maximum absolute atomic E-state index is 12.9. The molecule has 1 heterocycles. The number of likely N-dealkylation sites (tertiary alicyclic amines) is 1. The molecule has 0 aliphatic carbocycles. The van der Waals surface area contributed by atoms with Gasteiger partial charge in [-0.05, 0) is 43.2 Å². The van der Waals surface area contributed by atoms with Crippen molar-refractivity contribution in [2.45, 2.75) is 43.4 Å². The summed E-state index contributed by atoms with van der Waals surface area (Å²) in [7, 11) is 3.13. The summed E-state index contributed by atoms with van der Waals surface area (Å²) in [5.41, 5.74) is 3.75. The first-order chi connectivity index (χ1) is 21.2. The van der Waals surface area contributed by atoms with Crippen LogP contribution >= 0.6 is 11.6 Å². The van der Waals surface area contributed by atoms with Gasteiger partial charge in [0.15, 0.2) is 5.60 Å². The minimum Gasteiger partial charge on any atom is -0.496 e. The van der Waals surface area contributed by atoms with Crippen molar-refractivity contribution in [2.75, 3.05) is 46.2 Å². The molecule has 0 spiro atoms. The number of carboxylic acid groups (broad SMARTS) is 3. The monoisotopic (exact) mass is 657 g/mol. The van der Waals surface area contributed by atoms with Gasteiger partial charge in [0.2, 0.25) is 0 Å². The lowest BCUT2D eigenvalue weighted by molar-refractivity contribution is -0.170. The zero-order valence-corrected chi connectivity index (χ0v) is 25.5. The Bertz CT molecular complexity index is 1310. The molecular formula is C29H37ClFN3O11. The Morgan fingerprint density at radius 1 is 1.09 bits per heavy atom. The van der Waals surface area contributed by atoms with Crippen molar-refractivity contribution >= 4 is 41.1 Å². The van der Waals surface area contributed by atoms with E-state index in [0.717, 1.165) is 25.9 Å². The van der Waals surface area contributed by atoms with E-state index in [1.165, 1.54) is 25.3 Å². The van der Waals surface area contributed by atoms with Crippen LogP contribution in [0.4, 0.5) is 10.1 Å². The van der Waals surface area contributed by atoms with E-state index < -0.39 is 36.4 Å². The fraction of sp³-hybridized carbons (Fsp3) is 0.448. The molecule has 7 N–H and O–H groups in total. The number of methoxy groups -OCH3 is 2. The highest BCUT2D eigenvalue weighted by Crippen LogP contribution is 2.29. The molecule has 2 aromatic rings. The number of carboxylic acids is 3. The number of aliphatic hydroxyl groups is 1. The number of hydrogen-bond donors (Lipinski definition) is 6. The van der Waals surface area contributed by atoms with Gasteiger partial charge in [-0.25, -0.2) is 9.18 Å². The number of amides is 1. The van der Waals surface area contributed by atoms with Crippen LogP contribution in [0.3, 0.4) is 0 Å². The molecule has 2 atom stereocenters. The fourth-order valence-electron chi connectivity index (χ4n) is 4.47. The third-order valence-corrected chi connectivity index (χ3v) is 7.14. The van der Waals surface area contributed by atoms with Gasteiger partial charge in [-0.2, -0.15) is 0 Å². The predicted molar refractivity (Wildman–Crippen MR) is 159 cm³/mol. The van der Waals surface area contributed by atoms with Gasteiger partial charge < -0.3 is 50.6 Å².